The number of Topliss-reactive ketones (excluding diaryl/α,β-unsaturated/α-hetero) is 1. The molecule has 0 unspecified atom stereocenters. The molecule has 1 aliphatic rings. The summed E-state index contributed by atoms with van der Waals surface area (Å²) in [6.07, 6.45) is 4.11. The van der Waals surface area contributed by atoms with Gasteiger partial charge in [0.15, 0.2) is 51.3 Å². The van der Waals surface area contributed by atoms with E-state index in [1.54, 1.807) is 9.13 Å². The van der Waals surface area contributed by atoms with Gasteiger partial charge >= 0.3 is 22.5 Å². The zero-order valence-electron chi connectivity index (χ0n) is 29.9. The molecule has 55 heavy (non-hydrogen) atoms. The Hall–Kier alpha value is -4.54. The van der Waals surface area contributed by atoms with Gasteiger partial charge in [-0.15, -0.1) is 0 Å². The third-order valence-corrected chi connectivity index (χ3v) is 8.74. The van der Waals surface area contributed by atoms with Crippen molar-refractivity contribution in [2.24, 2.45) is 0 Å². The Morgan fingerprint density at radius 3 is 1.42 bits per heavy atom. The van der Waals surface area contributed by atoms with E-state index in [1.807, 2.05) is 46.4 Å². The summed E-state index contributed by atoms with van der Waals surface area (Å²) in [5.41, 5.74) is -0.264. The van der Waals surface area contributed by atoms with Crippen molar-refractivity contribution < 1.29 is 50.0 Å². The van der Waals surface area contributed by atoms with Crippen molar-refractivity contribution in [1.29, 1.82) is 0 Å². The summed E-state index contributed by atoms with van der Waals surface area (Å²) in [7, 11) is 0. The fourth-order valence-corrected chi connectivity index (χ4v) is 5.70. The van der Waals surface area contributed by atoms with E-state index >= 15 is 0 Å². The predicted molar refractivity (Wildman–Crippen MR) is 195 cm³/mol. The first-order chi connectivity index (χ1) is 25.8. The fraction of sp³-hybridized carbons (Fsp3) is 0.314. The molecule has 0 aromatic carbocycles. The van der Waals surface area contributed by atoms with E-state index in [0.29, 0.717) is 36.9 Å². The van der Waals surface area contributed by atoms with Crippen LogP contribution >= 0.6 is 34.8 Å². The second-order valence-electron chi connectivity index (χ2n) is 12.5. The molecule has 0 bridgehead atoms. The van der Waals surface area contributed by atoms with Crippen molar-refractivity contribution in [3.8, 4) is 0 Å². The van der Waals surface area contributed by atoms with Gasteiger partial charge in [0.2, 0.25) is 10.9 Å². The number of carbonyl (C=O) groups excluding carboxylic acids is 3. The number of aromatic nitrogens is 5. The van der Waals surface area contributed by atoms with E-state index in [4.69, 9.17) is 42.5 Å². The third kappa shape index (κ3) is 10.2. The summed E-state index contributed by atoms with van der Waals surface area (Å²) in [6.45, 7) is 12.0. The molecule has 13 nitrogen and oxygen atoms in total. The van der Waals surface area contributed by atoms with Crippen LogP contribution in [0.15, 0.2) is 40.2 Å². The number of hydrogen-bond acceptors (Lipinski definition) is 11. The Kier molecular flexibility index (Phi) is 15.8. The number of carbonyl (C=O) groups is 3. The van der Waals surface area contributed by atoms with Crippen LogP contribution in [-0.4, -0.2) is 55.0 Å². The summed E-state index contributed by atoms with van der Waals surface area (Å²) in [4.78, 5) is 70.8. The molecular weight excluding hydrogens is 835 g/mol. The second-order valence-corrected chi connectivity index (χ2v) is 13.8. The molecule has 6 rings (SSSR count). The molecule has 5 aromatic heterocycles. The number of nitrogens with zero attached hydrogens (tertiary/aromatic N) is 6. The molecule has 0 saturated carbocycles. The van der Waals surface area contributed by atoms with Crippen LogP contribution in [0.2, 0.25) is 15.5 Å². The van der Waals surface area contributed by atoms with Gasteiger partial charge in [-0.25, -0.2) is 28.1 Å². The van der Waals surface area contributed by atoms with E-state index < -0.39 is 43.1 Å². The van der Waals surface area contributed by atoms with Gasteiger partial charge in [-0.1, -0.05) is 34.8 Å². The topological polar surface area (TPSA) is 171 Å². The first-order valence-electron chi connectivity index (χ1n) is 16.1. The van der Waals surface area contributed by atoms with Gasteiger partial charge in [-0.3, -0.25) is 24.0 Å². The van der Waals surface area contributed by atoms with Gasteiger partial charge in [0.25, 0.3) is 0 Å². The molecule has 0 saturated heterocycles. The SMILES string of the molecule is CC(C)N1CCC(=O)c2cc(F)c(Cl)nc21.CC(C)n1cc(C=O)c(=O)c2cc(F)c(Cl)nc21.CC(C)n1cc(C=O)c(=O)c2cc(F)c(Cl)nc21.[O]=[Mn]=[O]. The third-order valence-electron chi connectivity index (χ3n) is 7.94. The molecule has 6 heterocycles. The molecule has 0 N–H and O–H groups in total. The normalized spacial score (nSPS) is 12.1. The average Bonchev–Trinajstić information content (AvgIpc) is 3.12. The summed E-state index contributed by atoms with van der Waals surface area (Å²) >= 11 is 15.4. The number of fused-ring (bicyclic) bond motifs is 3. The van der Waals surface area contributed by atoms with Crippen LogP contribution < -0.4 is 15.8 Å². The molecule has 20 heteroatoms. The monoisotopic (exact) mass is 865 g/mol. The molecule has 0 spiro atoms. The number of pyridine rings is 5. The number of halogens is 6. The van der Waals surface area contributed by atoms with Crippen molar-refractivity contribution >= 4 is 81.0 Å². The summed E-state index contributed by atoms with van der Waals surface area (Å²) in [5.74, 6) is -1.77. The Morgan fingerprint density at radius 1 is 0.673 bits per heavy atom. The molecule has 293 valence electrons. The fourth-order valence-electron chi connectivity index (χ4n) is 5.29. The predicted octanol–water partition coefficient (Wildman–Crippen LogP) is 7.60. The summed E-state index contributed by atoms with van der Waals surface area (Å²) < 4.78 is 60.0. The van der Waals surface area contributed by atoms with Crippen molar-refractivity contribution in [3.63, 3.8) is 0 Å². The minimum atomic E-state index is -1.44. The van der Waals surface area contributed by atoms with Gasteiger partial charge in [0.1, 0.15) is 17.1 Å². The van der Waals surface area contributed by atoms with E-state index in [1.165, 1.54) is 18.5 Å². The number of aldehydes is 2. The Morgan fingerprint density at radius 2 is 1.05 bits per heavy atom. The Bertz CT molecular complexity index is 2340. The van der Waals surface area contributed by atoms with Crippen LogP contribution in [-0.2, 0) is 22.5 Å². The van der Waals surface area contributed by atoms with Crippen LogP contribution in [0.5, 0.6) is 0 Å². The second kappa shape index (κ2) is 19.4. The number of hydrogen-bond donors (Lipinski definition) is 0. The van der Waals surface area contributed by atoms with Crippen molar-refractivity contribution in [2.45, 2.75) is 66.1 Å². The zero-order chi connectivity index (χ0) is 41.5. The van der Waals surface area contributed by atoms with Crippen LogP contribution in [0.25, 0.3) is 22.1 Å². The molecule has 0 radical (unpaired) electrons. The summed E-state index contributed by atoms with van der Waals surface area (Å²) in [6, 6.07) is 3.33. The van der Waals surface area contributed by atoms with Crippen molar-refractivity contribution in [2.75, 3.05) is 11.4 Å². The number of anilines is 1. The summed E-state index contributed by atoms with van der Waals surface area (Å²) in [5, 5.41) is -0.671. The number of rotatable bonds is 5. The minimum absolute atomic E-state index is 0.0280. The van der Waals surface area contributed by atoms with Crippen LogP contribution in [0, 0.1) is 17.5 Å². The molecule has 1 aliphatic heterocycles. The number of ketones is 1. The van der Waals surface area contributed by atoms with E-state index in [0.717, 1.165) is 12.1 Å². The van der Waals surface area contributed by atoms with Crippen LogP contribution in [0.1, 0.15) is 91.1 Å². The standard InChI is InChI=1S/2C12H10ClFN2O2.C11H12ClFN2O.Mn.2O/c2*1-6(2)16-4-7(5-17)10(18)8-3-9(14)11(13)15-12(8)16;1-6(2)15-4-3-9(16)7-5-8(13)10(12)14-11(7)15;;;/h2*3-6H,1-2H3;5-6H,3-4H2,1-2H3;;;. The molecule has 5 aromatic rings. The quantitative estimate of drug-likeness (QED) is 0.0968. The van der Waals surface area contributed by atoms with Crippen LogP contribution in [0.3, 0.4) is 0 Å². The van der Waals surface area contributed by atoms with Gasteiger partial charge < -0.3 is 14.0 Å². The Balaban J connectivity index is 0.000000214. The van der Waals surface area contributed by atoms with Gasteiger partial charge in [0, 0.05) is 43.5 Å². The van der Waals surface area contributed by atoms with E-state index in [2.05, 4.69) is 15.0 Å². The Labute approximate surface area is 332 Å². The van der Waals surface area contributed by atoms with E-state index in [9.17, 15) is 37.1 Å². The zero-order valence-corrected chi connectivity index (χ0v) is 33.3. The first-order valence-corrected chi connectivity index (χ1v) is 18.2. The molecular formula is C35H32Cl3F3MnN6O7. The molecule has 0 fully saturated rings. The van der Waals surface area contributed by atoms with Gasteiger partial charge in [-0.2, -0.15) is 0 Å². The van der Waals surface area contributed by atoms with Crippen molar-refractivity contribution in [3.05, 3.63) is 101 Å². The molecule has 0 aliphatic carbocycles. The van der Waals surface area contributed by atoms with Crippen molar-refractivity contribution in [1.82, 2.24) is 24.1 Å². The van der Waals surface area contributed by atoms with Crippen LogP contribution in [0.4, 0.5) is 19.0 Å². The van der Waals surface area contributed by atoms with E-state index in [-0.39, 0.29) is 72.6 Å². The van der Waals surface area contributed by atoms with Gasteiger partial charge in [0.05, 0.1) is 27.5 Å². The maximum atomic E-state index is 13.4. The molecule has 0 atom stereocenters. The average molecular weight is 867 g/mol. The molecule has 0 amide bonds. The maximum absolute atomic E-state index is 13.4. The van der Waals surface area contributed by atoms with Gasteiger partial charge in [-0.05, 0) is 59.7 Å². The first kappa shape index (κ1) is 44.9.